The van der Waals surface area contributed by atoms with Gasteiger partial charge in [-0.2, -0.15) is 0 Å². The Morgan fingerprint density at radius 3 is 2.64 bits per heavy atom. The summed E-state index contributed by atoms with van der Waals surface area (Å²) >= 11 is 0. The molecule has 0 bridgehead atoms. The highest BCUT2D eigenvalue weighted by atomic mass is 32.2. The summed E-state index contributed by atoms with van der Waals surface area (Å²) in [6.07, 6.45) is 5.25. The Labute approximate surface area is 161 Å². The number of benzene rings is 1. The van der Waals surface area contributed by atoms with Crippen molar-refractivity contribution >= 4 is 27.5 Å². The van der Waals surface area contributed by atoms with Gasteiger partial charge in [0, 0.05) is 34.8 Å². The largest absolute Gasteiger partial charge is 0.370 e. The molecule has 1 aromatic heterocycles. The second-order valence-corrected chi connectivity index (χ2v) is 9.78. The van der Waals surface area contributed by atoms with E-state index in [4.69, 9.17) is 11.5 Å². The highest BCUT2D eigenvalue weighted by molar-refractivity contribution is 7.92. The number of halogens is 1. The molecule has 3 aliphatic rings. The molecule has 28 heavy (non-hydrogen) atoms. The molecule has 1 unspecified atom stereocenters. The molecule has 3 heterocycles. The highest BCUT2D eigenvalue weighted by Crippen LogP contribution is 2.57. The molecule has 2 aromatic rings. The fourth-order valence-corrected chi connectivity index (χ4v) is 5.77. The molecule has 10 heteroatoms. The number of guanidine groups is 1. The second kappa shape index (κ2) is 5.26. The smallest absolute Gasteiger partial charge is 0.232 e. The number of H-pyrrole nitrogens is 1. The van der Waals surface area contributed by atoms with E-state index in [1.165, 1.54) is 16.4 Å². The van der Waals surface area contributed by atoms with Crippen LogP contribution in [0.1, 0.15) is 36.0 Å². The highest BCUT2D eigenvalue weighted by Gasteiger charge is 2.54. The Morgan fingerprint density at radius 1 is 1.25 bits per heavy atom. The van der Waals surface area contributed by atoms with E-state index in [1.807, 2.05) is 0 Å². The lowest BCUT2D eigenvalue weighted by Gasteiger charge is -2.39. The molecule has 1 aliphatic carbocycles. The van der Waals surface area contributed by atoms with E-state index in [0.717, 1.165) is 25.5 Å². The van der Waals surface area contributed by atoms with Crippen molar-refractivity contribution < 1.29 is 12.8 Å². The minimum absolute atomic E-state index is 0.0952. The third-order valence-corrected chi connectivity index (χ3v) is 7.29. The predicted molar refractivity (Wildman–Crippen MR) is 105 cm³/mol. The number of aromatic amines is 1. The number of hydrogen-bond acceptors (Lipinski definition) is 6. The molecule has 1 saturated carbocycles. The van der Waals surface area contributed by atoms with Gasteiger partial charge in [-0.05, 0) is 31.0 Å². The van der Waals surface area contributed by atoms with Crippen molar-refractivity contribution in [2.24, 2.45) is 16.5 Å². The number of sulfonamides is 1. The monoisotopic (exact) mass is 404 g/mol. The van der Waals surface area contributed by atoms with Gasteiger partial charge in [0.05, 0.1) is 11.9 Å². The third kappa shape index (κ3) is 2.12. The van der Waals surface area contributed by atoms with Crippen molar-refractivity contribution in [2.45, 2.75) is 30.3 Å². The predicted octanol–water partition coefficient (Wildman–Crippen LogP) is 1.26. The first-order chi connectivity index (χ1) is 13.2. The SMILES string of the molecule is CS(=O)(=O)N1CC2(CCC2)c2c(F)ccc(C3(N)N=C(N)Nc4[nH]ccc43)c21. The van der Waals surface area contributed by atoms with Crippen LogP contribution in [0.15, 0.2) is 29.4 Å². The Kier molecular flexibility index (Phi) is 3.29. The second-order valence-electron chi connectivity index (χ2n) is 7.88. The first-order valence-corrected chi connectivity index (χ1v) is 10.9. The number of aliphatic imine (C=N–C) groups is 1. The van der Waals surface area contributed by atoms with Gasteiger partial charge in [-0.15, -0.1) is 0 Å². The van der Waals surface area contributed by atoms with Gasteiger partial charge in [0.1, 0.15) is 11.6 Å². The van der Waals surface area contributed by atoms with Gasteiger partial charge < -0.3 is 16.0 Å². The molecule has 5 rings (SSSR count). The van der Waals surface area contributed by atoms with Crippen LogP contribution < -0.4 is 21.1 Å². The standard InChI is InChI=1S/C18H21FN6O2S/c1-28(26,27)25-9-17(6-2-7-17)13-12(19)4-3-10(14(13)25)18(21)11-5-8-22-15(11)23-16(20)24-18/h3-5,8,22H,2,6-7,9,21H2,1H3,(H3,20,23,24). The zero-order valence-corrected chi connectivity index (χ0v) is 16.1. The number of nitrogens with two attached hydrogens (primary N) is 2. The minimum Gasteiger partial charge on any atom is -0.370 e. The summed E-state index contributed by atoms with van der Waals surface area (Å²) in [5.74, 6) is 0.265. The van der Waals surface area contributed by atoms with E-state index in [1.54, 1.807) is 12.3 Å². The maximum absolute atomic E-state index is 15.0. The molecule has 0 radical (unpaired) electrons. The van der Waals surface area contributed by atoms with Crippen LogP contribution in [0.25, 0.3) is 0 Å². The van der Waals surface area contributed by atoms with Gasteiger partial charge in [0.2, 0.25) is 10.0 Å². The zero-order valence-electron chi connectivity index (χ0n) is 15.3. The summed E-state index contributed by atoms with van der Waals surface area (Å²) < 4.78 is 41.5. The van der Waals surface area contributed by atoms with Gasteiger partial charge >= 0.3 is 0 Å². The van der Waals surface area contributed by atoms with Crippen LogP contribution in [0.4, 0.5) is 15.9 Å². The first-order valence-electron chi connectivity index (χ1n) is 9.06. The molecule has 8 nitrogen and oxygen atoms in total. The Hall–Kier alpha value is -2.59. The van der Waals surface area contributed by atoms with Crippen LogP contribution in [0.3, 0.4) is 0 Å². The molecule has 1 fully saturated rings. The van der Waals surface area contributed by atoms with E-state index in [2.05, 4.69) is 15.3 Å². The summed E-state index contributed by atoms with van der Waals surface area (Å²) in [4.78, 5) is 7.42. The van der Waals surface area contributed by atoms with Gasteiger partial charge in [-0.3, -0.25) is 10.0 Å². The number of rotatable bonds is 2. The summed E-state index contributed by atoms with van der Waals surface area (Å²) in [5, 5.41) is 2.91. The number of hydrogen-bond donors (Lipinski definition) is 4. The van der Waals surface area contributed by atoms with Crippen molar-refractivity contribution in [3.63, 3.8) is 0 Å². The van der Waals surface area contributed by atoms with Crippen molar-refractivity contribution in [3.05, 3.63) is 46.9 Å². The molecular formula is C18H21FN6O2S. The van der Waals surface area contributed by atoms with Gasteiger partial charge in [-0.25, -0.2) is 17.8 Å². The van der Waals surface area contributed by atoms with Gasteiger partial charge in [-0.1, -0.05) is 6.42 Å². The van der Waals surface area contributed by atoms with Crippen LogP contribution in [0, 0.1) is 5.82 Å². The molecule has 1 atom stereocenters. The van der Waals surface area contributed by atoms with Gasteiger partial charge in [0.15, 0.2) is 11.6 Å². The zero-order chi connectivity index (χ0) is 19.9. The molecule has 0 saturated heterocycles. The Morgan fingerprint density at radius 2 is 2.00 bits per heavy atom. The summed E-state index contributed by atoms with van der Waals surface area (Å²) in [6, 6.07) is 4.63. The summed E-state index contributed by atoms with van der Waals surface area (Å²) in [7, 11) is -3.64. The molecule has 0 amide bonds. The van der Waals surface area contributed by atoms with E-state index in [-0.39, 0.29) is 12.5 Å². The molecule has 6 N–H and O–H groups in total. The van der Waals surface area contributed by atoms with Crippen LogP contribution in [-0.2, 0) is 21.1 Å². The molecule has 1 aromatic carbocycles. The number of fused-ring (bicyclic) bond motifs is 3. The van der Waals surface area contributed by atoms with Gasteiger partial charge in [0.25, 0.3) is 0 Å². The van der Waals surface area contributed by atoms with E-state index in [0.29, 0.717) is 28.2 Å². The fraction of sp³-hybridized carbons (Fsp3) is 0.389. The maximum atomic E-state index is 15.0. The van der Waals surface area contributed by atoms with Crippen molar-refractivity contribution in [2.75, 3.05) is 22.4 Å². The quantitative estimate of drug-likeness (QED) is 0.599. The summed E-state index contributed by atoms with van der Waals surface area (Å²) in [6.45, 7) is 0.225. The van der Waals surface area contributed by atoms with Crippen molar-refractivity contribution in [3.8, 4) is 0 Å². The normalized spacial score (nSPS) is 25.0. The average Bonchev–Trinajstić information content (AvgIpc) is 3.17. The number of aromatic nitrogens is 1. The van der Waals surface area contributed by atoms with Crippen LogP contribution in [0.2, 0.25) is 0 Å². The Balaban J connectivity index is 1.83. The van der Waals surface area contributed by atoms with Crippen LogP contribution in [0.5, 0.6) is 0 Å². The number of nitrogens with zero attached hydrogens (tertiary/aromatic N) is 2. The van der Waals surface area contributed by atoms with Crippen LogP contribution in [-0.4, -0.2) is 32.2 Å². The lowest BCUT2D eigenvalue weighted by molar-refractivity contribution is 0.260. The fourth-order valence-electron chi connectivity index (χ4n) is 4.77. The van der Waals surface area contributed by atoms with Crippen molar-refractivity contribution in [1.29, 1.82) is 0 Å². The van der Waals surface area contributed by atoms with E-state index >= 15 is 4.39 Å². The molecule has 148 valence electrons. The van der Waals surface area contributed by atoms with E-state index < -0.39 is 26.9 Å². The average molecular weight is 404 g/mol. The lowest BCUT2D eigenvalue weighted by atomic mass is 9.65. The Bertz CT molecular complexity index is 1140. The van der Waals surface area contributed by atoms with E-state index in [9.17, 15) is 8.42 Å². The molecular weight excluding hydrogens is 383 g/mol. The lowest BCUT2D eigenvalue weighted by Crippen LogP contribution is -2.45. The number of nitrogens with one attached hydrogen (secondary N) is 2. The number of anilines is 2. The maximum Gasteiger partial charge on any atom is 0.232 e. The molecule has 1 spiro atoms. The first kappa shape index (κ1) is 17.5. The molecule has 2 aliphatic heterocycles. The minimum atomic E-state index is -3.64. The summed E-state index contributed by atoms with van der Waals surface area (Å²) in [5.41, 5.74) is 12.5. The third-order valence-electron chi connectivity index (χ3n) is 6.18. The topological polar surface area (TPSA) is 130 Å². The van der Waals surface area contributed by atoms with Crippen LogP contribution >= 0.6 is 0 Å². The van der Waals surface area contributed by atoms with Crippen molar-refractivity contribution in [1.82, 2.24) is 4.98 Å².